The number of halogens is 3. The first-order valence-electron chi connectivity index (χ1n) is 7.84. The first kappa shape index (κ1) is 15.8. The van der Waals surface area contributed by atoms with Gasteiger partial charge < -0.3 is 5.32 Å². The summed E-state index contributed by atoms with van der Waals surface area (Å²) < 4.78 is 39.7. The number of carbonyl (C=O) groups is 1. The minimum Gasteiger partial charge on any atom is -0.302 e. The topological polar surface area (TPSA) is 42.0 Å². The highest BCUT2D eigenvalue weighted by Crippen LogP contribution is 2.44. The molecule has 0 bridgehead atoms. The summed E-state index contributed by atoms with van der Waals surface area (Å²) in [6.07, 6.45) is 2.76. The Morgan fingerprint density at radius 1 is 1.09 bits per heavy atom. The molecule has 0 aromatic carbocycles. The van der Waals surface area contributed by atoms with Gasteiger partial charge >= 0.3 is 6.18 Å². The number of nitrogens with one attached hydrogen (secondary N) is 1. The zero-order chi connectivity index (χ0) is 15.7. The van der Waals surface area contributed by atoms with Gasteiger partial charge in [-0.3, -0.25) is 4.79 Å². The van der Waals surface area contributed by atoms with Crippen molar-refractivity contribution in [1.29, 1.82) is 0 Å². The summed E-state index contributed by atoms with van der Waals surface area (Å²) in [5.74, 6) is -0.322. The molecule has 3 nitrogen and oxygen atoms in total. The van der Waals surface area contributed by atoms with Crippen LogP contribution in [0.1, 0.15) is 67.9 Å². The Morgan fingerprint density at radius 3 is 2.32 bits per heavy atom. The molecule has 122 valence electrons. The third-order valence-corrected chi connectivity index (χ3v) is 5.74. The van der Waals surface area contributed by atoms with Crippen LogP contribution in [0.15, 0.2) is 0 Å². The summed E-state index contributed by atoms with van der Waals surface area (Å²) in [6.45, 7) is 0. The van der Waals surface area contributed by atoms with Crippen molar-refractivity contribution in [3.63, 3.8) is 0 Å². The van der Waals surface area contributed by atoms with E-state index in [0.717, 1.165) is 62.7 Å². The standard InChI is InChI=1S/C15H19F3N2OS/c16-15(17,18)12-11(9-5-2-1-3-6-9)22-14(19-12)20-13(21)10-7-4-8-10/h9-10H,1-8H2,(H,19,20,21). The van der Waals surface area contributed by atoms with Crippen molar-refractivity contribution >= 4 is 22.4 Å². The second kappa shape index (κ2) is 6.18. The van der Waals surface area contributed by atoms with Crippen molar-refractivity contribution in [2.45, 2.75) is 63.5 Å². The van der Waals surface area contributed by atoms with Crippen LogP contribution in [0.5, 0.6) is 0 Å². The number of anilines is 1. The van der Waals surface area contributed by atoms with Crippen LogP contribution in [0, 0.1) is 5.92 Å². The van der Waals surface area contributed by atoms with Gasteiger partial charge in [-0.1, -0.05) is 25.7 Å². The van der Waals surface area contributed by atoms with Crippen molar-refractivity contribution in [3.05, 3.63) is 10.6 Å². The molecule has 2 aliphatic rings. The molecule has 0 aliphatic heterocycles. The molecule has 22 heavy (non-hydrogen) atoms. The van der Waals surface area contributed by atoms with E-state index in [2.05, 4.69) is 10.3 Å². The largest absolute Gasteiger partial charge is 0.434 e. The molecule has 2 aliphatic carbocycles. The van der Waals surface area contributed by atoms with E-state index in [1.165, 1.54) is 0 Å². The van der Waals surface area contributed by atoms with E-state index in [0.29, 0.717) is 4.88 Å². The lowest BCUT2D eigenvalue weighted by atomic mass is 9.85. The zero-order valence-corrected chi connectivity index (χ0v) is 13.0. The number of amides is 1. The molecule has 0 unspecified atom stereocenters. The van der Waals surface area contributed by atoms with Crippen LogP contribution in [0.25, 0.3) is 0 Å². The number of nitrogens with zero attached hydrogens (tertiary/aromatic N) is 1. The molecule has 1 aromatic heterocycles. The number of hydrogen-bond donors (Lipinski definition) is 1. The van der Waals surface area contributed by atoms with Crippen LogP contribution in [0.2, 0.25) is 0 Å². The zero-order valence-electron chi connectivity index (χ0n) is 12.2. The maximum atomic E-state index is 13.2. The predicted octanol–water partition coefficient (Wildman–Crippen LogP) is 4.95. The molecule has 1 N–H and O–H groups in total. The van der Waals surface area contributed by atoms with E-state index in [4.69, 9.17) is 0 Å². The molecule has 2 fully saturated rings. The van der Waals surface area contributed by atoms with Crippen molar-refractivity contribution in [2.24, 2.45) is 5.92 Å². The molecule has 0 saturated heterocycles. The molecule has 1 amide bonds. The molecule has 2 saturated carbocycles. The maximum Gasteiger partial charge on any atom is 0.434 e. The Balaban J connectivity index is 1.82. The van der Waals surface area contributed by atoms with Gasteiger partial charge in [-0.05, 0) is 31.6 Å². The summed E-state index contributed by atoms with van der Waals surface area (Å²) in [6, 6.07) is 0. The van der Waals surface area contributed by atoms with Crippen LogP contribution in [0.3, 0.4) is 0 Å². The van der Waals surface area contributed by atoms with E-state index in [9.17, 15) is 18.0 Å². The summed E-state index contributed by atoms with van der Waals surface area (Å²) >= 11 is 1.01. The maximum absolute atomic E-state index is 13.2. The molecule has 0 radical (unpaired) electrons. The number of hydrogen-bond acceptors (Lipinski definition) is 3. The third-order valence-electron chi connectivity index (χ3n) is 4.60. The van der Waals surface area contributed by atoms with Crippen molar-refractivity contribution < 1.29 is 18.0 Å². The normalized spacial score (nSPS) is 20.7. The fraction of sp³-hybridized carbons (Fsp3) is 0.733. The van der Waals surface area contributed by atoms with Gasteiger partial charge in [0.2, 0.25) is 5.91 Å². The fourth-order valence-electron chi connectivity index (χ4n) is 3.11. The first-order chi connectivity index (χ1) is 10.4. The van der Waals surface area contributed by atoms with Gasteiger partial charge in [-0.2, -0.15) is 13.2 Å². The molecule has 1 aromatic rings. The molecule has 0 atom stereocenters. The van der Waals surface area contributed by atoms with Gasteiger partial charge in [0.05, 0.1) is 0 Å². The second-order valence-electron chi connectivity index (χ2n) is 6.18. The van der Waals surface area contributed by atoms with Crippen LogP contribution >= 0.6 is 11.3 Å². The average molecular weight is 332 g/mol. The van der Waals surface area contributed by atoms with Crippen molar-refractivity contribution in [2.75, 3.05) is 5.32 Å². The highest BCUT2D eigenvalue weighted by atomic mass is 32.1. The van der Waals surface area contributed by atoms with Gasteiger partial charge in [0.15, 0.2) is 10.8 Å². The monoisotopic (exact) mass is 332 g/mol. The van der Waals surface area contributed by atoms with Crippen LogP contribution in [-0.2, 0) is 11.0 Å². The summed E-state index contributed by atoms with van der Waals surface area (Å²) in [4.78, 5) is 15.9. The number of carbonyl (C=O) groups excluding carboxylic acids is 1. The smallest absolute Gasteiger partial charge is 0.302 e. The van der Waals surface area contributed by atoms with Gasteiger partial charge in [0.1, 0.15) is 0 Å². The number of alkyl halides is 3. The second-order valence-corrected chi connectivity index (χ2v) is 7.21. The Labute approximate surface area is 131 Å². The SMILES string of the molecule is O=C(Nc1nc(C(F)(F)F)c(C2CCCCC2)s1)C1CCC1. The molecule has 7 heteroatoms. The molecule has 3 rings (SSSR count). The summed E-state index contributed by atoms with van der Waals surface area (Å²) in [5, 5.41) is 2.69. The van der Waals surface area contributed by atoms with E-state index >= 15 is 0 Å². The highest BCUT2D eigenvalue weighted by molar-refractivity contribution is 7.16. The van der Waals surface area contributed by atoms with Crippen LogP contribution < -0.4 is 5.32 Å². The summed E-state index contributed by atoms with van der Waals surface area (Å²) in [7, 11) is 0. The van der Waals surface area contributed by atoms with Gasteiger partial charge in [-0.15, -0.1) is 11.3 Å². The minimum absolute atomic E-state index is 0.0589. The van der Waals surface area contributed by atoms with Gasteiger partial charge in [0, 0.05) is 10.8 Å². The Morgan fingerprint density at radius 2 is 1.77 bits per heavy atom. The van der Waals surface area contributed by atoms with E-state index in [1.807, 2.05) is 0 Å². The summed E-state index contributed by atoms with van der Waals surface area (Å²) in [5.41, 5.74) is -0.798. The number of rotatable bonds is 3. The molecule has 0 spiro atoms. The fourth-order valence-corrected chi connectivity index (χ4v) is 4.27. The quantitative estimate of drug-likeness (QED) is 0.851. The molecular weight excluding hydrogens is 313 g/mol. The average Bonchev–Trinajstić information content (AvgIpc) is 2.81. The Bertz CT molecular complexity index is 545. The minimum atomic E-state index is -4.46. The number of thiazole rings is 1. The Hall–Kier alpha value is -1.11. The highest BCUT2D eigenvalue weighted by Gasteiger charge is 2.40. The van der Waals surface area contributed by atoms with Gasteiger partial charge in [0.25, 0.3) is 0 Å². The predicted molar refractivity (Wildman–Crippen MR) is 78.9 cm³/mol. The lowest BCUT2D eigenvalue weighted by Gasteiger charge is -2.23. The Kier molecular flexibility index (Phi) is 4.43. The molecule has 1 heterocycles. The third kappa shape index (κ3) is 3.29. The molecular formula is C15H19F3N2OS. The first-order valence-corrected chi connectivity index (χ1v) is 8.65. The van der Waals surface area contributed by atoms with E-state index in [1.54, 1.807) is 0 Å². The van der Waals surface area contributed by atoms with Crippen LogP contribution in [-0.4, -0.2) is 10.9 Å². The van der Waals surface area contributed by atoms with Crippen molar-refractivity contribution in [1.82, 2.24) is 4.98 Å². The van der Waals surface area contributed by atoms with E-state index in [-0.39, 0.29) is 22.9 Å². The number of aromatic nitrogens is 1. The van der Waals surface area contributed by atoms with Crippen molar-refractivity contribution in [3.8, 4) is 0 Å². The van der Waals surface area contributed by atoms with Gasteiger partial charge in [-0.25, -0.2) is 4.98 Å². The lowest BCUT2D eigenvalue weighted by Crippen LogP contribution is -2.28. The van der Waals surface area contributed by atoms with E-state index < -0.39 is 11.9 Å². The lowest BCUT2D eigenvalue weighted by molar-refractivity contribution is -0.141. The van der Waals surface area contributed by atoms with Crippen LogP contribution in [0.4, 0.5) is 18.3 Å².